The van der Waals surface area contributed by atoms with Crippen LogP contribution in [0.25, 0.3) is 0 Å². The molecule has 1 heterocycles. The molecule has 0 aromatic heterocycles. The highest BCUT2D eigenvalue weighted by molar-refractivity contribution is 8.17. The third-order valence-corrected chi connectivity index (χ3v) is 5.34. The normalized spacial score (nSPS) is 16.3. The molecule has 1 aliphatic rings. The first kappa shape index (κ1) is 14.1. The number of nitrogens with zero attached hydrogens (tertiary/aromatic N) is 2. The van der Waals surface area contributed by atoms with Gasteiger partial charge in [0, 0.05) is 31.7 Å². The number of urea groups is 1. The lowest BCUT2D eigenvalue weighted by atomic mass is 10.6. The Hall–Kier alpha value is -0.930. The quantitative estimate of drug-likeness (QED) is 0.719. The summed E-state index contributed by atoms with van der Waals surface area (Å²) in [5, 5.41) is 0. The van der Waals surface area contributed by atoms with Gasteiger partial charge in [-0.15, -0.1) is 0 Å². The molecule has 0 spiro atoms. The predicted octanol–water partition coefficient (Wildman–Crippen LogP) is 0.265. The number of carbonyl (C=O) groups is 1. The van der Waals surface area contributed by atoms with Gasteiger partial charge in [0.05, 0.1) is 5.75 Å². The lowest BCUT2D eigenvalue weighted by molar-refractivity contribution is 0.187. The van der Waals surface area contributed by atoms with Crippen LogP contribution in [0.3, 0.4) is 0 Å². The highest BCUT2D eigenvalue weighted by Crippen LogP contribution is 2.27. The Kier molecular flexibility index (Phi) is 4.66. The molecule has 2 N–H and O–H groups in total. The minimum atomic E-state index is -3.24. The molecule has 0 fully saturated rings. The molecule has 98 valence electrons. The van der Waals surface area contributed by atoms with Crippen LogP contribution in [0.5, 0.6) is 0 Å². The lowest BCUT2D eigenvalue weighted by Gasteiger charge is -2.20. The van der Waals surface area contributed by atoms with Gasteiger partial charge in [-0.25, -0.2) is 18.6 Å². The molecule has 17 heavy (non-hydrogen) atoms. The second-order valence-corrected chi connectivity index (χ2v) is 6.81. The molecule has 1 aliphatic heterocycles. The minimum absolute atomic E-state index is 0.0319. The topological polar surface area (TPSA) is 81.8 Å². The molecule has 0 unspecified atom stereocenters. The molecule has 0 saturated carbocycles. The van der Waals surface area contributed by atoms with E-state index in [-0.39, 0.29) is 16.0 Å². The summed E-state index contributed by atoms with van der Waals surface area (Å²) in [6, 6.07) is -0.309. The summed E-state index contributed by atoms with van der Waals surface area (Å²) in [7, 11) is -1.59. The summed E-state index contributed by atoms with van der Waals surface area (Å²) in [5.74, 6) is 0.0319. The fraction of sp³-hybridized carbons (Fsp3) is 0.625. The van der Waals surface area contributed by atoms with Crippen molar-refractivity contribution in [3.05, 3.63) is 10.4 Å². The third kappa shape index (κ3) is 3.51. The van der Waals surface area contributed by atoms with Crippen LogP contribution in [0.2, 0.25) is 0 Å². The van der Waals surface area contributed by atoms with Crippen molar-refractivity contribution in [2.45, 2.75) is 13.8 Å². The van der Waals surface area contributed by atoms with Crippen LogP contribution in [-0.4, -0.2) is 43.2 Å². The fourth-order valence-electron chi connectivity index (χ4n) is 0.914. The van der Waals surface area contributed by atoms with Gasteiger partial charge in [-0.1, -0.05) is 11.4 Å². The van der Waals surface area contributed by atoms with E-state index in [1.165, 1.54) is 15.6 Å². The predicted molar refractivity (Wildman–Crippen MR) is 66.9 cm³/mol. The molecule has 0 bridgehead atoms. The van der Waals surface area contributed by atoms with Crippen LogP contribution in [0.15, 0.2) is 10.4 Å². The first-order valence-electron chi connectivity index (χ1n) is 5.09. The zero-order valence-corrected chi connectivity index (χ0v) is 11.6. The number of sulfone groups is 1. The van der Waals surface area contributed by atoms with E-state index < -0.39 is 9.84 Å². The number of hydrogen-bond donors (Lipinski definition) is 2. The standard InChI is InChI=1S/C8H16N4O3S2/c1-4-11(3)8(13)10-12-9-6-7(16-12)17(14,15)5-2/h6,9H,4-5H2,1-3H3,(H,10,13). The summed E-state index contributed by atoms with van der Waals surface area (Å²) < 4.78 is 24.5. The molecule has 7 nitrogen and oxygen atoms in total. The van der Waals surface area contributed by atoms with E-state index >= 15 is 0 Å². The van der Waals surface area contributed by atoms with E-state index in [1.54, 1.807) is 14.0 Å². The van der Waals surface area contributed by atoms with Crippen LogP contribution in [0.4, 0.5) is 4.79 Å². The van der Waals surface area contributed by atoms with Crippen molar-refractivity contribution in [1.82, 2.24) is 20.3 Å². The molecule has 0 atom stereocenters. The van der Waals surface area contributed by atoms with E-state index in [1.807, 2.05) is 6.92 Å². The Bertz CT molecular complexity index is 420. The lowest BCUT2D eigenvalue weighted by Crippen LogP contribution is -2.47. The minimum Gasteiger partial charge on any atom is -0.327 e. The van der Waals surface area contributed by atoms with E-state index in [2.05, 4.69) is 10.9 Å². The van der Waals surface area contributed by atoms with Gasteiger partial charge in [0.25, 0.3) is 0 Å². The maximum absolute atomic E-state index is 11.5. The van der Waals surface area contributed by atoms with Gasteiger partial charge in [-0.2, -0.15) is 0 Å². The monoisotopic (exact) mass is 280 g/mol. The van der Waals surface area contributed by atoms with Gasteiger partial charge in [-0.05, 0) is 6.92 Å². The molecule has 1 rings (SSSR count). The largest absolute Gasteiger partial charge is 0.333 e. The zero-order chi connectivity index (χ0) is 13.1. The van der Waals surface area contributed by atoms with Crippen LogP contribution < -0.4 is 10.9 Å². The fourth-order valence-corrected chi connectivity index (χ4v) is 2.98. The van der Waals surface area contributed by atoms with Gasteiger partial charge in [0.15, 0.2) is 9.84 Å². The van der Waals surface area contributed by atoms with Crippen LogP contribution in [0, 0.1) is 0 Å². The summed E-state index contributed by atoms with van der Waals surface area (Å²) in [6.07, 6.45) is 1.36. The average Bonchev–Trinajstić information content (AvgIpc) is 2.77. The maximum atomic E-state index is 11.5. The molecule has 9 heteroatoms. The Balaban J connectivity index is 2.53. The molecule has 0 aliphatic carbocycles. The van der Waals surface area contributed by atoms with Gasteiger partial charge in [0.2, 0.25) is 0 Å². The van der Waals surface area contributed by atoms with Gasteiger partial charge in [-0.3, -0.25) is 5.43 Å². The smallest absolute Gasteiger partial charge is 0.327 e. The van der Waals surface area contributed by atoms with Crippen LogP contribution in [0.1, 0.15) is 13.8 Å². The van der Waals surface area contributed by atoms with Crippen molar-refractivity contribution in [3.8, 4) is 0 Å². The van der Waals surface area contributed by atoms with Gasteiger partial charge >= 0.3 is 6.03 Å². The average molecular weight is 280 g/mol. The number of rotatable bonds is 4. The van der Waals surface area contributed by atoms with Crippen molar-refractivity contribution in [2.75, 3.05) is 19.3 Å². The molecular weight excluding hydrogens is 264 g/mol. The van der Waals surface area contributed by atoms with Crippen molar-refractivity contribution < 1.29 is 13.2 Å². The molecule has 0 saturated heterocycles. The van der Waals surface area contributed by atoms with Crippen molar-refractivity contribution in [3.63, 3.8) is 0 Å². The van der Waals surface area contributed by atoms with Crippen molar-refractivity contribution in [1.29, 1.82) is 0 Å². The van der Waals surface area contributed by atoms with Gasteiger partial charge in [0.1, 0.15) is 4.24 Å². The van der Waals surface area contributed by atoms with E-state index in [0.29, 0.717) is 6.54 Å². The molecule has 2 amide bonds. The number of amides is 2. The summed E-state index contributed by atoms with van der Waals surface area (Å²) in [5.41, 5.74) is 5.16. The number of nitrogens with one attached hydrogen (secondary N) is 2. The Morgan fingerprint density at radius 3 is 2.76 bits per heavy atom. The van der Waals surface area contributed by atoms with Gasteiger partial charge < -0.3 is 4.90 Å². The third-order valence-electron chi connectivity index (χ3n) is 2.19. The zero-order valence-electron chi connectivity index (χ0n) is 9.93. The second-order valence-electron chi connectivity index (χ2n) is 3.31. The highest BCUT2D eigenvalue weighted by Gasteiger charge is 2.26. The van der Waals surface area contributed by atoms with Crippen LogP contribution >= 0.6 is 11.9 Å². The van der Waals surface area contributed by atoms with E-state index in [4.69, 9.17) is 0 Å². The SMILES string of the molecule is CCN(C)C(=O)NN1NC=C(S(=O)(=O)CC)S1. The molecule has 0 radical (unpaired) electrons. The van der Waals surface area contributed by atoms with Crippen LogP contribution in [-0.2, 0) is 9.84 Å². The first-order chi connectivity index (χ1) is 7.90. The summed E-state index contributed by atoms with van der Waals surface area (Å²) >= 11 is 0.935. The van der Waals surface area contributed by atoms with E-state index in [0.717, 1.165) is 11.9 Å². The molecular formula is C8H16N4O3S2. The Morgan fingerprint density at radius 1 is 1.59 bits per heavy atom. The Morgan fingerprint density at radius 2 is 2.24 bits per heavy atom. The first-order valence-corrected chi connectivity index (χ1v) is 7.52. The Labute approximate surface area is 105 Å². The second kappa shape index (κ2) is 5.61. The number of hydrogen-bond acceptors (Lipinski definition) is 6. The number of hydrazine groups is 2. The number of carbonyl (C=O) groups excluding carboxylic acids is 1. The molecule has 0 aromatic carbocycles. The van der Waals surface area contributed by atoms with Crippen molar-refractivity contribution >= 4 is 27.8 Å². The maximum Gasteiger partial charge on any atom is 0.333 e. The summed E-state index contributed by atoms with van der Waals surface area (Å²) in [6.45, 7) is 3.98. The van der Waals surface area contributed by atoms with Crippen molar-refractivity contribution in [2.24, 2.45) is 0 Å². The highest BCUT2D eigenvalue weighted by atomic mass is 32.3. The summed E-state index contributed by atoms with van der Waals surface area (Å²) in [4.78, 5) is 13.0. The van der Waals surface area contributed by atoms with E-state index in [9.17, 15) is 13.2 Å². The molecule has 0 aromatic rings.